The highest BCUT2D eigenvalue weighted by molar-refractivity contribution is 5.81. The summed E-state index contributed by atoms with van der Waals surface area (Å²) < 4.78 is 5.56. The summed E-state index contributed by atoms with van der Waals surface area (Å²) in [4.78, 5) is 11.8. The summed E-state index contributed by atoms with van der Waals surface area (Å²) in [6, 6.07) is 8.24. The second-order valence-electron chi connectivity index (χ2n) is 6.71. The van der Waals surface area contributed by atoms with Gasteiger partial charge in [0.25, 0.3) is 0 Å². The van der Waals surface area contributed by atoms with E-state index in [1.807, 2.05) is 12.1 Å². The van der Waals surface area contributed by atoms with E-state index in [2.05, 4.69) is 12.1 Å². The molecular weight excluding hydrogens is 264 g/mol. The Bertz CT molecular complexity index is 508. The predicted molar refractivity (Wildman–Crippen MR) is 81.5 cm³/mol. The lowest BCUT2D eigenvalue weighted by Gasteiger charge is -2.33. The first-order valence-corrected chi connectivity index (χ1v) is 7.98. The summed E-state index contributed by atoms with van der Waals surface area (Å²) in [7, 11) is 1.78. The Morgan fingerprint density at radius 2 is 1.71 bits per heavy atom. The van der Waals surface area contributed by atoms with Crippen LogP contribution < -0.4 is 0 Å². The van der Waals surface area contributed by atoms with Gasteiger partial charge in [-0.25, -0.2) is 0 Å². The van der Waals surface area contributed by atoms with Crippen LogP contribution in [0.1, 0.15) is 56.1 Å². The fourth-order valence-corrected chi connectivity index (χ4v) is 3.69. The minimum atomic E-state index is -0.662. The molecule has 0 bridgehead atoms. The number of carboxylic acids is 1. The van der Waals surface area contributed by atoms with Crippen molar-refractivity contribution in [2.75, 3.05) is 7.11 Å². The summed E-state index contributed by atoms with van der Waals surface area (Å²) in [6.45, 7) is 0. The van der Waals surface area contributed by atoms with E-state index in [4.69, 9.17) is 4.74 Å². The first-order chi connectivity index (χ1) is 10.1. The molecule has 2 fully saturated rings. The molecule has 0 aliphatic heterocycles. The Morgan fingerprint density at radius 3 is 2.19 bits per heavy atom. The number of carbonyl (C=O) groups is 1. The second kappa shape index (κ2) is 5.45. The molecule has 2 aliphatic carbocycles. The van der Waals surface area contributed by atoms with Crippen molar-refractivity contribution in [2.45, 2.75) is 62.4 Å². The Balaban J connectivity index is 1.80. The SMILES string of the molecule is COC1(Cc2ccc(C3(C(=O)O)CCCCC3)cc2)CC1. The molecule has 114 valence electrons. The molecule has 0 spiro atoms. The van der Waals surface area contributed by atoms with E-state index in [-0.39, 0.29) is 5.60 Å². The first kappa shape index (κ1) is 14.6. The van der Waals surface area contributed by atoms with E-state index in [1.54, 1.807) is 7.11 Å². The van der Waals surface area contributed by atoms with Gasteiger partial charge in [-0.2, -0.15) is 0 Å². The van der Waals surface area contributed by atoms with Crippen LogP contribution in [-0.2, 0) is 21.4 Å². The number of aliphatic carboxylic acids is 1. The highest BCUT2D eigenvalue weighted by atomic mass is 16.5. The molecule has 3 nitrogen and oxygen atoms in total. The molecule has 0 atom stereocenters. The highest BCUT2D eigenvalue weighted by Gasteiger charge is 2.43. The normalized spacial score (nSPS) is 22.7. The van der Waals surface area contributed by atoms with Crippen LogP contribution in [0.5, 0.6) is 0 Å². The summed E-state index contributed by atoms with van der Waals surface area (Å²) in [5.74, 6) is -0.662. The number of benzene rings is 1. The summed E-state index contributed by atoms with van der Waals surface area (Å²) in [6.07, 6.45) is 7.91. The molecule has 2 saturated carbocycles. The van der Waals surface area contributed by atoms with Crippen molar-refractivity contribution >= 4 is 5.97 Å². The molecular formula is C18H24O3. The monoisotopic (exact) mass is 288 g/mol. The molecule has 3 rings (SSSR count). The molecule has 1 aromatic carbocycles. The van der Waals surface area contributed by atoms with E-state index in [0.29, 0.717) is 0 Å². The second-order valence-corrected chi connectivity index (χ2v) is 6.71. The van der Waals surface area contributed by atoms with Crippen LogP contribution in [0.15, 0.2) is 24.3 Å². The summed E-state index contributed by atoms with van der Waals surface area (Å²) in [5.41, 5.74) is 1.61. The van der Waals surface area contributed by atoms with Crippen LogP contribution in [0.4, 0.5) is 0 Å². The Morgan fingerprint density at radius 1 is 1.10 bits per heavy atom. The van der Waals surface area contributed by atoms with Crippen LogP contribution in [0, 0.1) is 0 Å². The molecule has 0 heterocycles. The number of hydrogen-bond donors (Lipinski definition) is 1. The van der Waals surface area contributed by atoms with Gasteiger partial charge in [0.2, 0.25) is 0 Å². The fourth-order valence-electron chi connectivity index (χ4n) is 3.69. The molecule has 3 heteroatoms. The van der Waals surface area contributed by atoms with Crippen LogP contribution in [-0.4, -0.2) is 23.8 Å². The van der Waals surface area contributed by atoms with Gasteiger partial charge >= 0.3 is 5.97 Å². The largest absolute Gasteiger partial charge is 0.481 e. The molecule has 1 aromatic rings. The predicted octanol–water partition coefficient (Wildman–Crippen LogP) is 3.69. The zero-order valence-corrected chi connectivity index (χ0v) is 12.7. The molecule has 0 aromatic heterocycles. The quantitative estimate of drug-likeness (QED) is 0.898. The van der Waals surface area contributed by atoms with E-state index >= 15 is 0 Å². The van der Waals surface area contributed by atoms with E-state index < -0.39 is 11.4 Å². The molecule has 2 aliphatic rings. The average Bonchev–Trinajstić information content (AvgIpc) is 3.29. The topological polar surface area (TPSA) is 46.5 Å². The Labute approximate surface area is 126 Å². The Hall–Kier alpha value is -1.35. The lowest BCUT2D eigenvalue weighted by atomic mass is 9.69. The maximum absolute atomic E-state index is 11.8. The maximum Gasteiger partial charge on any atom is 0.314 e. The van der Waals surface area contributed by atoms with Crippen molar-refractivity contribution in [3.05, 3.63) is 35.4 Å². The van der Waals surface area contributed by atoms with E-state index in [1.165, 1.54) is 5.56 Å². The van der Waals surface area contributed by atoms with Crippen LogP contribution in [0.2, 0.25) is 0 Å². The third-order valence-corrected chi connectivity index (χ3v) is 5.39. The summed E-state index contributed by atoms with van der Waals surface area (Å²) in [5, 5.41) is 9.73. The molecule has 21 heavy (non-hydrogen) atoms. The molecule has 0 saturated heterocycles. The first-order valence-electron chi connectivity index (χ1n) is 7.98. The van der Waals surface area contributed by atoms with Gasteiger partial charge in [0.1, 0.15) is 0 Å². The van der Waals surface area contributed by atoms with E-state index in [0.717, 1.165) is 56.9 Å². The van der Waals surface area contributed by atoms with Gasteiger partial charge < -0.3 is 9.84 Å². The lowest BCUT2D eigenvalue weighted by molar-refractivity contribution is -0.145. The number of hydrogen-bond acceptors (Lipinski definition) is 2. The Kier molecular flexibility index (Phi) is 3.78. The standard InChI is InChI=1S/C18H24O3/c1-21-17(11-12-17)13-14-5-7-15(8-6-14)18(16(19)20)9-3-2-4-10-18/h5-8H,2-4,9-13H2,1H3,(H,19,20). The van der Waals surface area contributed by atoms with Crippen molar-refractivity contribution in [1.29, 1.82) is 0 Å². The van der Waals surface area contributed by atoms with E-state index in [9.17, 15) is 9.90 Å². The zero-order chi connectivity index (χ0) is 14.9. The van der Waals surface area contributed by atoms with Crippen LogP contribution in [0.25, 0.3) is 0 Å². The number of ether oxygens (including phenoxy) is 1. The third-order valence-electron chi connectivity index (χ3n) is 5.39. The molecule has 0 radical (unpaired) electrons. The molecule has 1 N–H and O–H groups in total. The van der Waals surface area contributed by atoms with Gasteiger partial charge in [-0.05, 0) is 36.8 Å². The number of carboxylic acid groups (broad SMARTS) is 1. The van der Waals surface area contributed by atoms with Gasteiger partial charge in [0, 0.05) is 13.5 Å². The van der Waals surface area contributed by atoms with Crippen molar-refractivity contribution in [3.63, 3.8) is 0 Å². The van der Waals surface area contributed by atoms with Crippen molar-refractivity contribution < 1.29 is 14.6 Å². The van der Waals surface area contributed by atoms with Crippen molar-refractivity contribution in [2.24, 2.45) is 0 Å². The van der Waals surface area contributed by atoms with Gasteiger partial charge in [0.05, 0.1) is 11.0 Å². The average molecular weight is 288 g/mol. The van der Waals surface area contributed by atoms with Gasteiger partial charge in [-0.1, -0.05) is 43.5 Å². The maximum atomic E-state index is 11.8. The highest BCUT2D eigenvalue weighted by Crippen LogP contribution is 2.43. The zero-order valence-electron chi connectivity index (χ0n) is 12.7. The van der Waals surface area contributed by atoms with Gasteiger partial charge in [-0.3, -0.25) is 4.79 Å². The third kappa shape index (κ3) is 2.71. The van der Waals surface area contributed by atoms with Crippen LogP contribution >= 0.6 is 0 Å². The molecule has 0 amide bonds. The van der Waals surface area contributed by atoms with Crippen molar-refractivity contribution in [1.82, 2.24) is 0 Å². The smallest absolute Gasteiger partial charge is 0.314 e. The van der Waals surface area contributed by atoms with Crippen molar-refractivity contribution in [3.8, 4) is 0 Å². The van der Waals surface area contributed by atoms with Crippen LogP contribution in [0.3, 0.4) is 0 Å². The summed E-state index contributed by atoms with van der Waals surface area (Å²) >= 11 is 0. The number of methoxy groups -OCH3 is 1. The lowest BCUT2D eigenvalue weighted by Crippen LogP contribution is -2.37. The minimum Gasteiger partial charge on any atom is -0.481 e. The van der Waals surface area contributed by atoms with Gasteiger partial charge in [-0.15, -0.1) is 0 Å². The van der Waals surface area contributed by atoms with Gasteiger partial charge in [0.15, 0.2) is 0 Å². The number of rotatable bonds is 5. The fraction of sp³-hybridized carbons (Fsp3) is 0.611. The molecule has 0 unspecified atom stereocenters. The minimum absolute atomic E-state index is 0.0524.